The molecule has 236 valence electrons. The van der Waals surface area contributed by atoms with Gasteiger partial charge in [-0.05, 0) is 80.4 Å². The van der Waals surface area contributed by atoms with Crippen molar-refractivity contribution in [2.24, 2.45) is 0 Å². The number of amides is 2. The molecule has 0 aliphatic carbocycles. The molecule has 45 heavy (non-hydrogen) atoms. The summed E-state index contributed by atoms with van der Waals surface area (Å²) < 4.78 is 33.0. The van der Waals surface area contributed by atoms with Crippen molar-refractivity contribution >= 4 is 39.1 Å². The number of ether oxygens (including phenoxy) is 1. The molecule has 1 N–H and O–H groups in total. The van der Waals surface area contributed by atoms with Crippen LogP contribution in [0.5, 0.6) is 11.5 Å². The van der Waals surface area contributed by atoms with Crippen LogP contribution in [0.3, 0.4) is 0 Å². The first-order valence-corrected chi connectivity index (χ1v) is 16.7. The second kappa shape index (κ2) is 14.6. The number of benzene rings is 4. The lowest BCUT2D eigenvalue weighted by Crippen LogP contribution is -2.56. The summed E-state index contributed by atoms with van der Waals surface area (Å²) >= 11 is 6.12. The highest BCUT2D eigenvalue weighted by atomic mass is 35.5. The van der Waals surface area contributed by atoms with Crippen molar-refractivity contribution in [3.05, 3.63) is 125 Å². The molecule has 0 saturated carbocycles. The Labute approximate surface area is 270 Å². The number of para-hydroxylation sites is 1. The minimum Gasteiger partial charge on any atom is -0.457 e. The van der Waals surface area contributed by atoms with Crippen LogP contribution < -0.4 is 14.4 Å². The predicted octanol–water partition coefficient (Wildman–Crippen LogP) is 6.45. The number of rotatable bonds is 12. The molecule has 4 aromatic carbocycles. The van der Waals surface area contributed by atoms with Crippen LogP contribution in [0.15, 0.2) is 109 Å². The van der Waals surface area contributed by atoms with Gasteiger partial charge in [-0.15, -0.1) is 0 Å². The number of nitrogens with zero attached hydrogens (tertiary/aromatic N) is 2. The Morgan fingerprint density at radius 1 is 0.800 bits per heavy atom. The first-order chi connectivity index (χ1) is 21.3. The third-order valence-corrected chi connectivity index (χ3v) is 8.21. The summed E-state index contributed by atoms with van der Waals surface area (Å²) in [6, 6.07) is 31.1. The molecule has 8 nitrogen and oxygen atoms in total. The zero-order chi connectivity index (χ0) is 32.6. The van der Waals surface area contributed by atoms with Crippen LogP contribution in [0.1, 0.15) is 31.9 Å². The van der Waals surface area contributed by atoms with E-state index < -0.39 is 34.1 Å². The summed E-state index contributed by atoms with van der Waals surface area (Å²) in [6.45, 7) is 5.15. The topological polar surface area (TPSA) is 96.0 Å². The highest BCUT2D eigenvalue weighted by molar-refractivity contribution is 7.92. The molecule has 0 spiro atoms. The first-order valence-electron chi connectivity index (χ1n) is 14.5. The minimum atomic E-state index is -3.90. The summed E-state index contributed by atoms with van der Waals surface area (Å²) in [7, 11) is -3.90. The summed E-state index contributed by atoms with van der Waals surface area (Å²) in [5.41, 5.74) is 1.32. The lowest BCUT2D eigenvalue weighted by molar-refractivity contribution is -0.140. The lowest BCUT2D eigenvalue weighted by atomic mass is 10.0. The second-order valence-corrected chi connectivity index (χ2v) is 14.1. The van der Waals surface area contributed by atoms with E-state index in [2.05, 4.69) is 5.32 Å². The van der Waals surface area contributed by atoms with E-state index in [1.165, 1.54) is 4.90 Å². The van der Waals surface area contributed by atoms with Gasteiger partial charge in [0.1, 0.15) is 24.1 Å². The van der Waals surface area contributed by atoms with Gasteiger partial charge in [0.05, 0.1) is 11.9 Å². The Morgan fingerprint density at radius 2 is 1.36 bits per heavy atom. The SMILES string of the molecule is CC(C)(C)NC(=O)[C@@H](Cc1ccccc1)N(Cc1ccc(Cl)cc1)C(=O)CN(c1ccc(Oc2ccccc2)cc1)S(C)(=O)=O. The van der Waals surface area contributed by atoms with E-state index in [0.717, 1.165) is 21.7 Å². The number of nitrogens with one attached hydrogen (secondary N) is 1. The van der Waals surface area contributed by atoms with E-state index >= 15 is 0 Å². The Balaban J connectivity index is 1.68. The average molecular weight is 648 g/mol. The molecular weight excluding hydrogens is 610 g/mol. The van der Waals surface area contributed by atoms with Crippen LogP contribution in [0.25, 0.3) is 0 Å². The molecule has 4 rings (SSSR count). The molecule has 10 heteroatoms. The van der Waals surface area contributed by atoms with Gasteiger partial charge in [0, 0.05) is 23.5 Å². The summed E-state index contributed by atoms with van der Waals surface area (Å²) in [4.78, 5) is 29.5. The smallest absolute Gasteiger partial charge is 0.244 e. The maximum absolute atomic E-state index is 14.2. The summed E-state index contributed by atoms with van der Waals surface area (Å²) in [5.74, 6) is 0.263. The van der Waals surface area contributed by atoms with Gasteiger partial charge in [-0.3, -0.25) is 13.9 Å². The fraction of sp³-hybridized carbons (Fsp3) is 0.257. The van der Waals surface area contributed by atoms with Crippen molar-refractivity contribution in [3.8, 4) is 11.5 Å². The molecule has 0 unspecified atom stereocenters. The molecule has 0 aromatic heterocycles. The van der Waals surface area contributed by atoms with E-state index in [4.69, 9.17) is 16.3 Å². The van der Waals surface area contributed by atoms with E-state index in [-0.39, 0.29) is 24.6 Å². The van der Waals surface area contributed by atoms with Gasteiger partial charge in [0.15, 0.2) is 0 Å². The monoisotopic (exact) mass is 647 g/mol. The maximum atomic E-state index is 14.2. The zero-order valence-electron chi connectivity index (χ0n) is 25.8. The Bertz CT molecular complexity index is 1680. The van der Waals surface area contributed by atoms with Gasteiger partial charge in [-0.1, -0.05) is 72.3 Å². The second-order valence-electron chi connectivity index (χ2n) is 11.8. The van der Waals surface area contributed by atoms with Crippen molar-refractivity contribution in [3.63, 3.8) is 0 Å². The first kappa shape index (κ1) is 33.6. The fourth-order valence-corrected chi connectivity index (χ4v) is 5.69. The number of carbonyl (C=O) groups excluding carboxylic acids is 2. The van der Waals surface area contributed by atoms with E-state index in [0.29, 0.717) is 16.5 Å². The largest absolute Gasteiger partial charge is 0.457 e. The van der Waals surface area contributed by atoms with Crippen LogP contribution in [0.2, 0.25) is 5.02 Å². The molecule has 0 fully saturated rings. The molecule has 4 aromatic rings. The standard InChI is InChI=1S/C35H38ClN3O5S/c1-35(2,3)37-34(41)32(23-26-11-7-5-8-12-26)38(24-27-15-17-28(36)18-16-27)33(40)25-39(45(4,42)43)29-19-21-31(22-20-29)44-30-13-9-6-10-14-30/h5-22,32H,23-25H2,1-4H3,(H,37,41)/t32-/m1/s1. The van der Waals surface area contributed by atoms with Crippen molar-refractivity contribution < 1.29 is 22.7 Å². The Hall–Kier alpha value is -4.34. The minimum absolute atomic E-state index is 0.0620. The summed E-state index contributed by atoms with van der Waals surface area (Å²) in [5, 5.41) is 3.54. The number of hydrogen-bond donors (Lipinski definition) is 1. The third-order valence-electron chi connectivity index (χ3n) is 6.82. The number of carbonyl (C=O) groups is 2. The van der Waals surface area contributed by atoms with E-state index in [1.807, 2.05) is 81.4 Å². The molecular formula is C35H38ClN3O5S. The maximum Gasteiger partial charge on any atom is 0.244 e. The molecule has 0 heterocycles. The van der Waals surface area contributed by atoms with Crippen molar-refractivity contribution in [2.45, 2.75) is 45.3 Å². The van der Waals surface area contributed by atoms with Crippen LogP contribution in [-0.2, 0) is 32.6 Å². The Morgan fingerprint density at radius 3 is 1.91 bits per heavy atom. The molecule has 0 radical (unpaired) electrons. The van der Waals surface area contributed by atoms with Crippen LogP contribution in [-0.4, -0.2) is 49.5 Å². The number of sulfonamides is 1. The molecule has 0 aliphatic heterocycles. The quantitative estimate of drug-likeness (QED) is 0.191. The predicted molar refractivity (Wildman–Crippen MR) is 179 cm³/mol. The van der Waals surface area contributed by atoms with Gasteiger partial charge < -0.3 is 15.0 Å². The van der Waals surface area contributed by atoms with Crippen molar-refractivity contribution in [1.82, 2.24) is 10.2 Å². The van der Waals surface area contributed by atoms with E-state index in [1.54, 1.807) is 48.5 Å². The summed E-state index contributed by atoms with van der Waals surface area (Å²) in [6.07, 6.45) is 1.28. The van der Waals surface area contributed by atoms with Crippen LogP contribution in [0, 0.1) is 0 Å². The lowest BCUT2D eigenvalue weighted by Gasteiger charge is -2.35. The highest BCUT2D eigenvalue weighted by Crippen LogP contribution is 2.26. The van der Waals surface area contributed by atoms with E-state index in [9.17, 15) is 18.0 Å². The van der Waals surface area contributed by atoms with Gasteiger partial charge in [0.25, 0.3) is 0 Å². The van der Waals surface area contributed by atoms with Crippen molar-refractivity contribution in [1.29, 1.82) is 0 Å². The number of anilines is 1. The normalized spacial score (nSPS) is 12.2. The zero-order valence-corrected chi connectivity index (χ0v) is 27.4. The molecule has 2 amide bonds. The molecule has 0 bridgehead atoms. The van der Waals surface area contributed by atoms with Crippen LogP contribution in [0.4, 0.5) is 5.69 Å². The molecule has 1 atom stereocenters. The molecule has 0 aliphatic rings. The average Bonchev–Trinajstić information content (AvgIpc) is 2.98. The van der Waals surface area contributed by atoms with Gasteiger partial charge >= 0.3 is 0 Å². The van der Waals surface area contributed by atoms with Crippen molar-refractivity contribution in [2.75, 3.05) is 17.1 Å². The highest BCUT2D eigenvalue weighted by Gasteiger charge is 2.34. The third kappa shape index (κ3) is 10.1. The number of halogens is 1. The Kier molecular flexibility index (Phi) is 10.9. The van der Waals surface area contributed by atoms with Crippen LogP contribution >= 0.6 is 11.6 Å². The number of hydrogen-bond acceptors (Lipinski definition) is 5. The van der Waals surface area contributed by atoms with Gasteiger partial charge in [-0.25, -0.2) is 8.42 Å². The van der Waals surface area contributed by atoms with Gasteiger partial charge in [-0.2, -0.15) is 0 Å². The van der Waals surface area contributed by atoms with Gasteiger partial charge in [0.2, 0.25) is 21.8 Å². The molecule has 0 saturated heterocycles. The fourth-order valence-electron chi connectivity index (χ4n) is 4.71.